The highest BCUT2D eigenvalue weighted by Crippen LogP contribution is 2.30. The first kappa shape index (κ1) is 10.3. The number of thiazole rings is 1. The van der Waals surface area contributed by atoms with E-state index in [0.717, 1.165) is 16.3 Å². The smallest absolute Gasteiger partial charge is 0.355 e. The maximum atomic E-state index is 10.7. The summed E-state index contributed by atoms with van der Waals surface area (Å²) >= 11 is 3.04. The molecule has 0 aliphatic rings. The van der Waals surface area contributed by atoms with Crippen LogP contribution in [0.15, 0.2) is 17.5 Å². The molecule has 0 bridgehead atoms. The number of hydrogen-bond donors (Lipinski definition) is 1. The van der Waals surface area contributed by atoms with Crippen LogP contribution in [0.4, 0.5) is 0 Å². The van der Waals surface area contributed by atoms with Gasteiger partial charge in [0.25, 0.3) is 0 Å². The molecule has 0 saturated heterocycles. The maximum Gasteiger partial charge on any atom is 0.355 e. The van der Waals surface area contributed by atoms with Gasteiger partial charge in [0.15, 0.2) is 5.69 Å². The third-order valence-electron chi connectivity index (χ3n) is 1.94. The molecular weight excluding hydrogens is 230 g/mol. The van der Waals surface area contributed by atoms with Crippen LogP contribution in [-0.4, -0.2) is 16.1 Å². The summed E-state index contributed by atoms with van der Waals surface area (Å²) in [5.74, 6) is -0.968. The summed E-state index contributed by atoms with van der Waals surface area (Å²) < 4.78 is 0. The molecule has 0 atom stereocenters. The number of aromatic nitrogens is 1. The minimum absolute atomic E-state index is 0.126. The van der Waals surface area contributed by atoms with Crippen LogP contribution in [0.25, 0.3) is 9.88 Å². The van der Waals surface area contributed by atoms with E-state index in [1.165, 1.54) is 16.2 Å². The number of carbonyl (C=O) groups is 1. The van der Waals surface area contributed by atoms with E-state index in [-0.39, 0.29) is 5.69 Å². The lowest BCUT2D eigenvalue weighted by Gasteiger charge is -1.87. The van der Waals surface area contributed by atoms with Gasteiger partial charge < -0.3 is 5.11 Å². The van der Waals surface area contributed by atoms with Crippen molar-refractivity contribution in [2.24, 2.45) is 0 Å². The van der Waals surface area contributed by atoms with Crippen molar-refractivity contribution < 1.29 is 9.90 Å². The van der Waals surface area contributed by atoms with Crippen molar-refractivity contribution in [3.05, 3.63) is 28.1 Å². The fourth-order valence-electron chi connectivity index (χ4n) is 1.17. The van der Waals surface area contributed by atoms with E-state index in [2.05, 4.69) is 18.0 Å². The van der Waals surface area contributed by atoms with Gasteiger partial charge in [0.1, 0.15) is 5.01 Å². The highest BCUT2D eigenvalue weighted by molar-refractivity contribution is 7.21. The second-order valence-electron chi connectivity index (χ2n) is 2.96. The lowest BCUT2D eigenvalue weighted by molar-refractivity contribution is 0.0691. The largest absolute Gasteiger partial charge is 0.476 e. The quantitative estimate of drug-likeness (QED) is 0.895. The first-order valence-corrected chi connectivity index (χ1v) is 6.18. The summed E-state index contributed by atoms with van der Waals surface area (Å²) in [7, 11) is 0. The van der Waals surface area contributed by atoms with Crippen molar-refractivity contribution >= 4 is 28.6 Å². The molecule has 0 fully saturated rings. The number of carboxylic acid groups (broad SMARTS) is 1. The number of hydrogen-bond acceptors (Lipinski definition) is 4. The van der Waals surface area contributed by atoms with Crippen molar-refractivity contribution in [3.63, 3.8) is 0 Å². The van der Waals surface area contributed by atoms with E-state index in [9.17, 15) is 4.79 Å². The lowest BCUT2D eigenvalue weighted by Crippen LogP contribution is -1.95. The topological polar surface area (TPSA) is 50.2 Å². The summed E-state index contributed by atoms with van der Waals surface area (Å²) in [6.07, 6.45) is 1.00. The van der Waals surface area contributed by atoms with Gasteiger partial charge in [0, 0.05) is 10.3 Å². The fourth-order valence-corrected chi connectivity index (χ4v) is 2.98. The number of thiophene rings is 1. The highest BCUT2D eigenvalue weighted by Gasteiger charge is 2.11. The summed E-state index contributed by atoms with van der Waals surface area (Å²) in [5.41, 5.74) is 0.126. The SMILES string of the molecule is CCc1ccc(-c2nc(C(=O)O)cs2)s1. The van der Waals surface area contributed by atoms with Crippen LogP contribution in [0.2, 0.25) is 0 Å². The van der Waals surface area contributed by atoms with Crippen molar-refractivity contribution in [3.8, 4) is 9.88 Å². The number of rotatable bonds is 3. The molecule has 0 saturated carbocycles. The maximum absolute atomic E-state index is 10.7. The van der Waals surface area contributed by atoms with E-state index >= 15 is 0 Å². The molecule has 1 N–H and O–H groups in total. The molecule has 3 nitrogen and oxygen atoms in total. The predicted octanol–water partition coefficient (Wildman–Crippen LogP) is 3.13. The van der Waals surface area contributed by atoms with Gasteiger partial charge >= 0.3 is 5.97 Å². The van der Waals surface area contributed by atoms with Gasteiger partial charge in [0.05, 0.1) is 4.88 Å². The second-order valence-corrected chi connectivity index (χ2v) is 4.99. The Labute approximate surface area is 95.0 Å². The summed E-state index contributed by atoms with van der Waals surface area (Å²) in [4.78, 5) is 17.0. The Morgan fingerprint density at radius 2 is 2.33 bits per heavy atom. The minimum atomic E-state index is -0.968. The number of carboxylic acids is 1. The predicted molar refractivity (Wildman–Crippen MR) is 61.8 cm³/mol. The zero-order valence-electron chi connectivity index (χ0n) is 8.06. The normalized spacial score (nSPS) is 10.5. The Kier molecular flexibility index (Phi) is 2.83. The molecular formula is C10H9NO2S2. The first-order chi connectivity index (χ1) is 7.20. The highest BCUT2D eigenvalue weighted by atomic mass is 32.1. The van der Waals surface area contributed by atoms with E-state index in [1.54, 1.807) is 16.7 Å². The Balaban J connectivity index is 2.32. The molecule has 2 aromatic rings. The molecule has 2 rings (SSSR count). The molecule has 0 aliphatic carbocycles. The van der Waals surface area contributed by atoms with Crippen LogP contribution in [0.5, 0.6) is 0 Å². The van der Waals surface area contributed by atoms with Crippen LogP contribution in [0.3, 0.4) is 0 Å². The van der Waals surface area contributed by atoms with E-state index < -0.39 is 5.97 Å². The van der Waals surface area contributed by atoms with Gasteiger partial charge in [-0.05, 0) is 18.6 Å². The van der Waals surface area contributed by atoms with Gasteiger partial charge in [-0.1, -0.05) is 6.92 Å². The molecule has 2 aromatic heterocycles. The van der Waals surface area contributed by atoms with E-state index in [1.807, 2.05) is 6.07 Å². The zero-order valence-corrected chi connectivity index (χ0v) is 9.69. The van der Waals surface area contributed by atoms with E-state index in [4.69, 9.17) is 5.11 Å². The Morgan fingerprint density at radius 1 is 1.53 bits per heavy atom. The minimum Gasteiger partial charge on any atom is -0.476 e. The second kappa shape index (κ2) is 4.12. The standard InChI is InChI=1S/C10H9NO2S2/c1-2-6-3-4-8(15-6)9-11-7(5-14-9)10(12)13/h3-5H,2H2,1H3,(H,12,13). The lowest BCUT2D eigenvalue weighted by atomic mass is 10.4. The Bertz CT molecular complexity index is 487. The molecule has 15 heavy (non-hydrogen) atoms. The number of aryl methyl sites for hydroxylation is 1. The third-order valence-corrected chi connectivity index (χ3v) is 4.19. The van der Waals surface area contributed by atoms with Crippen molar-refractivity contribution in [2.45, 2.75) is 13.3 Å². The Hall–Kier alpha value is -1.20. The van der Waals surface area contributed by atoms with Crippen molar-refractivity contribution in [2.75, 3.05) is 0 Å². The van der Waals surface area contributed by atoms with Crippen molar-refractivity contribution in [1.29, 1.82) is 0 Å². The van der Waals surface area contributed by atoms with Crippen molar-refractivity contribution in [1.82, 2.24) is 4.98 Å². The van der Waals surface area contributed by atoms with E-state index in [0.29, 0.717) is 0 Å². The molecule has 0 radical (unpaired) electrons. The average molecular weight is 239 g/mol. The van der Waals surface area contributed by atoms with Gasteiger partial charge in [-0.15, -0.1) is 22.7 Å². The van der Waals surface area contributed by atoms with Crippen LogP contribution in [0, 0.1) is 0 Å². The molecule has 2 heterocycles. The Morgan fingerprint density at radius 3 is 2.87 bits per heavy atom. The number of aromatic carboxylic acids is 1. The molecule has 78 valence electrons. The fraction of sp³-hybridized carbons (Fsp3) is 0.200. The third kappa shape index (κ3) is 2.08. The average Bonchev–Trinajstić information content (AvgIpc) is 2.86. The number of nitrogens with zero attached hydrogens (tertiary/aromatic N) is 1. The van der Waals surface area contributed by atoms with Crippen LogP contribution < -0.4 is 0 Å². The van der Waals surface area contributed by atoms with Gasteiger partial charge in [-0.25, -0.2) is 9.78 Å². The van der Waals surface area contributed by atoms with Crippen LogP contribution in [0.1, 0.15) is 22.3 Å². The molecule has 0 spiro atoms. The van der Waals surface area contributed by atoms with Gasteiger partial charge in [-0.2, -0.15) is 0 Å². The summed E-state index contributed by atoms with van der Waals surface area (Å²) in [5, 5.41) is 11.1. The summed E-state index contributed by atoms with van der Waals surface area (Å²) in [6, 6.07) is 4.05. The van der Waals surface area contributed by atoms with Crippen LogP contribution in [-0.2, 0) is 6.42 Å². The first-order valence-electron chi connectivity index (χ1n) is 4.48. The molecule has 0 aromatic carbocycles. The van der Waals surface area contributed by atoms with Gasteiger partial charge in [-0.3, -0.25) is 0 Å². The summed E-state index contributed by atoms with van der Waals surface area (Å²) in [6.45, 7) is 2.10. The van der Waals surface area contributed by atoms with Gasteiger partial charge in [0.2, 0.25) is 0 Å². The molecule has 0 unspecified atom stereocenters. The van der Waals surface area contributed by atoms with Crippen LogP contribution >= 0.6 is 22.7 Å². The zero-order chi connectivity index (χ0) is 10.8. The molecule has 5 heteroatoms. The monoisotopic (exact) mass is 239 g/mol. The molecule has 0 amide bonds. The molecule has 0 aliphatic heterocycles.